The quantitative estimate of drug-likeness (QED) is 0.424. The summed E-state index contributed by atoms with van der Waals surface area (Å²) in [6.45, 7) is 0.777. The summed E-state index contributed by atoms with van der Waals surface area (Å²) < 4.78 is 82.9. The summed E-state index contributed by atoms with van der Waals surface area (Å²) in [6.07, 6.45) is 1.20. The molecule has 0 amide bonds. The van der Waals surface area contributed by atoms with Gasteiger partial charge >= 0.3 is 0 Å². The number of nitrogens with one attached hydrogen (secondary N) is 3. The van der Waals surface area contributed by atoms with Crippen LogP contribution in [-0.2, 0) is 10.2 Å². The van der Waals surface area contributed by atoms with E-state index in [9.17, 15) is 26.0 Å². The molecule has 1 aliphatic rings. The normalized spacial score (nSPS) is 19.8. The fourth-order valence-corrected chi connectivity index (χ4v) is 5.34. The van der Waals surface area contributed by atoms with Crippen LogP contribution in [0.25, 0.3) is 22.2 Å². The molecule has 0 spiro atoms. The Morgan fingerprint density at radius 3 is 2.44 bits per heavy atom. The van der Waals surface area contributed by atoms with Gasteiger partial charge in [0, 0.05) is 24.0 Å². The summed E-state index contributed by atoms with van der Waals surface area (Å²) in [5, 5.41) is 0.421. The molecule has 4 rings (SSSR count). The minimum atomic E-state index is -3.82. The van der Waals surface area contributed by atoms with Gasteiger partial charge in [0.1, 0.15) is 24.1 Å². The molecule has 3 N–H and O–H groups in total. The van der Waals surface area contributed by atoms with Gasteiger partial charge in [-0.1, -0.05) is 0 Å². The molecule has 1 aliphatic carbocycles. The maximum Gasteiger partial charge on any atom is 0.277 e. The average molecular weight is 470 g/mol. The Kier molecular flexibility index (Phi) is 6.28. The fourth-order valence-electron chi connectivity index (χ4n) is 4.21. The number of halogens is 4. The number of aromatic amines is 1. The van der Waals surface area contributed by atoms with Crippen LogP contribution in [0.1, 0.15) is 31.2 Å². The highest BCUT2D eigenvalue weighted by Gasteiger charge is 2.35. The van der Waals surface area contributed by atoms with E-state index in [4.69, 9.17) is 0 Å². The summed E-state index contributed by atoms with van der Waals surface area (Å²) in [4.78, 5) is 3.02. The van der Waals surface area contributed by atoms with Crippen molar-refractivity contribution in [3.63, 3.8) is 0 Å². The highest BCUT2D eigenvalue weighted by atomic mass is 32.2. The Morgan fingerprint density at radius 1 is 1.09 bits per heavy atom. The predicted molar refractivity (Wildman–Crippen MR) is 115 cm³/mol. The van der Waals surface area contributed by atoms with Gasteiger partial charge in [0.2, 0.25) is 0 Å². The summed E-state index contributed by atoms with van der Waals surface area (Å²) in [5.41, 5.74) is 2.14. The van der Waals surface area contributed by atoms with Gasteiger partial charge in [-0.15, -0.1) is 0 Å². The second-order valence-electron chi connectivity index (χ2n) is 8.29. The van der Waals surface area contributed by atoms with Crippen molar-refractivity contribution >= 4 is 21.1 Å². The van der Waals surface area contributed by atoms with E-state index in [-0.39, 0.29) is 23.9 Å². The van der Waals surface area contributed by atoms with Gasteiger partial charge in [0.25, 0.3) is 10.2 Å². The van der Waals surface area contributed by atoms with Gasteiger partial charge in [-0.25, -0.2) is 22.3 Å². The monoisotopic (exact) mass is 469 g/mol. The van der Waals surface area contributed by atoms with E-state index in [1.165, 1.54) is 25.1 Å². The minimum absolute atomic E-state index is 0.0154. The Hall–Kier alpha value is -2.43. The van der Waals surface area contributed by atoms with Gasteiger partial charge < -0.3 is 4.98 Å². The largest absolute Gasteiger partial charge is 0.352 e. The zero-order valence-electron chi connectivity index (χ0n) is 17.3. The molecule has 1 saturated carbocycles. The highest BCUT2D eigenvalue weighted by molar-refractivity contribution is 7.87. The van der Waals surface area contributed by atoms with E-state index >= 15 is 0 Å². The number of benzene rings is 2. The molecule has 1 atom stereocenters. The molecule has 172 valence electrons. The van der Waals surface area contributed by atoms with Crippen molar-refractivity contribution in [3.8, 4) is 11.3 Å². The topological polar surface area (TPSA) is 74.0 Å². The van der Waals surface area contributed by atoms with Gasteiger partial charge in [-0.3, -0.25) is 0 Å². The second-order valence-corrected chi connectivity index (χ2v) is 9.82. The lowest BCUT2D eigenvalue weighted by Gasteiger charge is -2.36. The van der Waals surface area contributed by atoms with Crippen LogP contribution >= 0.6 is 0 Å². The number of alkyl halides is 1. The van der Waals surface area contributed by atoms with E-state index in [0.717, 1.165) is 11.6 Å². The molecule has 32 heavy (non-hydrogen) atoms. The predicted octanol–water partition coefficient (Wildman–Crippen LogP) is 4.53. The van der Waals surface area contributed by atoms with E-state index in [1.807, 2.05) is 0 Å². The van der Waals surface area contributed by atoms with E-state index in [0.29, 0.717) is 29.5 Å². The van der Waals surface area contributed by atoms with E-state index in [1.54, 1.807) is 12.1 Å². The summed E-state index contributed by atoms with van der Waals surface area (Å²) >= 11 is 0. The van der Waals surface area contributed by atoms with Crippen LogP contribution in [0.3, 0.4) is 0 Å². The maximum absolute atomic E-state index is 14.4. The molecule has 0 saturated heterocycles. The lowest BCUT2D eigenvalue weighted by atomic mass is 9.70. The Morgan fingerprint density at radius 2 is 1.78 bits per heavy atom. The molecule has 0 bridgehead atoms. The lowest BCUT2D eigenvalue weighted by Crippen LogP contribution is -2.45. The first-order valence-corrected chi connectivity index (χ1v) is 11.7. The number of hydrogen-bond acceptors (Lipinski definition) is 2. The van der Waals surface area contributed by atoms with Crippen LogP contribution in [0.15, 0.2) is 36.4 Å². The van der Waals surface area contributed by atoms with Crippen molar-refractivity contribution < 1.29 is 26.0 Å². The van der Waals surface area contributed by atoms with Crippen molar-refractivity contribution in [3.05, 3.63) is 59.4 Å². The number of H-pyrrole nitrogens is 1. The van der Waals surface area contributed by atoms with Crippen molar-refractivity contribution in [2.45, 2.75) is 31.7 Å². The van der Waals surface area contributed by atoms with Crippen molar-refractivity contribution in [1.29, 1.82) is 0 Å². The standard InChI is InChI=1S/C22H23F4N3O2S/c1-12(10-23)29-32(30,31)27-11-13-6-15(7-13)20-18-8-17(25)9-19(26)22(18)28-21(20)14-2-4-16(24)5-3-14/h2-5,8-9,12-13,15,27-29H,6-7,10-11H2,1H3. The highest BCUT2D eigenvalue weighted by Crippen LogP contribution is 2.48. The number of hydrogen-bond donors (Lipinski definition) is 3. The summed E-state index contributed by atoms with van der Waals surface area (Å²) in [6, 6.07) is 6.99. The van der Waals surface area contributed by atoms with Crippen LogP contribution in [0.4, 0.5) is 17.6 Å². The fraction of sp³-hybridized carbons (Fsp3) is 0.364. The van der Waals surface area contributed by atoms with Gasteiger partial charge in [-0.05, 0) is 73.1 Å². The number of aromatic nitrogens is 1. The zero-order valence-corrected chi connectivity index (χ0v) is 18.1. The molecule has 2 aromatic carbocycles. The van der Waals surface area contributed by atoms with Crippen molar-refractivity contribution in [2.24, 2.45) is 5.92 Å². The molecule has 0 radical (unpaired) electrons. The maximum atomic E-state index is 14.4. The smallest absolute Gasteiger partial charge is 0.277 e. The van der Waals surface area contributed by atoms with Crippen LogP contribution in [0, 0.1) is 23.4 Å². The molecular formula is C22H23F4N3O2S. The average Bonchev–Trinajstić information content (AvgIpc) is 3.06. The first-order valence-electron chi connectivity index (χ1n) is 10.3. The molecule has 3 aromatic rings. The zero-order chi connectivity index (χ0) is 23.0. The van der Waals surface area contributed by atoms with Gasteiger partial charge in [0.15, 0.2) is 0 Å². The van der Waals surface area contributed by atoms with Gasteiger partial charge in [0.05, 0.1) is 11.2 Å². The third kappa shape index (κ3) is 4.67. The molecule has 1 fully saturated rings. The first kappa shape index (κ1) is 22.8. The van der Waals surface area contributed by atoms with E-state index < -0.39 is 40.4 Å². The SMILES string of the molecule is CC(CF)NS(=O)(=O)NCC1CC(c2c(-c3ccc(F)cc3)[nH]c3c(F)cc(F)cc23)C1. The summed E-state index contributed by atoms with van der Waals surface area (Å²) in [7, 11) is -3.82. The number of fused-ring (bicyclic) bond motifs is 1. The summed E-state index contributed by atoms with van der Waals surface area (Å²) in [5.74, 6) is -1.86. The number of rotatable bonds is 8. The Balaban J connectivity index is 1.57. The first-order chi connectivity index (χ1) is 15.2. The van der Waals surface area contributed by atoms with Crippen LogP contribution < -0.4 is 9.44 Å². The van der Waals surface area contributed by atoms with Crippen LogP contribution in [0.2, 0.25) is 0 Å². The van der Waals surface area contributed by atoms with E-state index in [2.05, 4.69) is 14.4 Å². The third-order valence-electron chi connectivity index (χ3n) is 5.79. The molecule has 0 aliphatic heterocycles. The molecule has 1 heterocycles. The van der Waals surface area contributed by atoms with Crippen LogP contribution in [0.5, 0.6) is 0 Å². The molecule has 1 aromatic heterocycles. The van der Waals surface area contributed by atoms with Crippen LogP contribution in [-0.4, -0.2) is 32.7 Å². The molecule has 10 heteroatoms. The minimum Gasteiger partial charge on any atom is -0.352 e. The van der Waals surface area contributed by atoms with Crippen molar-refractivity contribution in [1.82, 2.24) is 14.4 Å². The molecule has 5 nitrogen and oxygen atoms in total. The third-order valence-corrected chi connectivity index (χ3v) is 7.05. The Labute approximate surface area is 183 Å². The van der Waals surface area contributed by atoms with Crippen molar-refractivity contribution in [2.75, 3.05) is 13.2 Å². The molecule has 1 unspecified atom stereocenters. The van der Waals surface area contributed by atoms with Gasteiger partial charge in [-0.2, -0.15) is 13.1 Å². The lowest BCUT2D eigenvalue weighted by molar-refractivity contribution is 0.266. The second kappa shape index (κ2) is 8.84. The Bertz CT molecular complexity index is 1220. The molecular weight excluding hydrogens is 446 g/mol.